The van der Waals surface area contributed by atoms with Crippen molar-refractivity contribution in [2.45, 2.75) is 25.5 Å². The summed E-state index contributed by atoms with van der Waals surface area (Å²) in [4.78, 5) is 14.2. The predicted molar refractivity (Wildman–Crippen MR) is 105 cm³/mol. The van der Waals surface area contributed by atoms with Crippen LogP contribution in [-0.2, 0) is 0 Å². The molecule has 0 aromatic heterocycles. The molecule has 0 spiro atoms. The molecular formula is C19H22F2N6O2. The van der Waals surface area contributed by atoms with E-state index in [1.807, 2.05) is 0 Å². The zero-order chi connectivity index (χ0) is 21.5. The van der Waals surface area contributed by atoms with E-state index in [1.165, 1.54) is 23.1 Å². The second-order valence-electron chi connectivity index (χ2n) is 7.32. The third-order valence-corrected chi connectivity index (χ3v) is 5.06. The Balaban J connectivity index is 2.02. The number of aliphatic hydroxyl groups is 1. The Labute approximate surface area is 166 Å². The van der Waals surface area contributed by atoms with Gasteiger partial charge in [0.15, 0.2) is 5.82 Å². The highest BCUT2D eigenvalue weighted by Gasteiger charge is 2.47. The molecule has 3 rings (SSSR count). The fourth-order valence-corrected chi connectivity index (χ4v) is 3.14. The lowest BCUT2D eigenvalue weighted by atomic mass is 9.86. The average molecular weight is 404 g/mol. The fourth-order valence-electron chi connectivity index (χ4n) is 3.14. The SMILES string of the molecule is Cc1ccc(Nc2c(C(=O)N3CC(O)(C(C)N)C3)cc(N)c(N=N)c2F)c(F)c1. The van der Waals surface area contributed by atoms with E-state index in [2.05, 4.69) is 10.4 Å². The first kappa shape index (κ1) is 20.6. The van der Waals surface area contributed by atoms with E-state index in [1.54, 1.807) is 19.9 Å². The Kier molecular flexibility index (Phi) is 5.24. The number of β-amino-alcohol motifs (C(OH)–C–C–N with tert-alkyl or cyclic N) is 1. The second-order valence-corrected chi connectivity index (χ2v) is 7.32. The van der Waals surface area contributed by atoms with E-state index >= 15 is 0 Å². The Morgan fingerprint density at radius 2 is 2.03 bits per heavy atom. The van der Waals surface area contributed by atoms with Crippen molar-refractivity contribution in [1.29, 1.82) is 5.53 Å². The van der Waals surface area contributed by atoms with E-state index in [0.717, 1.165) is 0 Å². The van der Waals surface area contributed by atoms with Crippen LogP contribution in [0.4, 0.5) is 31.5 Å². The first-order chi connectivity index (χ1) is 13.6. The van der Waals surface area contributed by atoms with Crippen LogP contribution in [0.25, 0.3) is 0 Å². The molecule has 8 nitrogen and oxygen atoms in total. The van der Waals surface area contributed by atoms with E-state index in [0.29, 0.717) is 5.56 Å². The topological polar surface area (TPSA) is 141 Å². The highest BCUT2D eigenvalue weighted by atomic mass is 19.1. The number of nitrogens with two attached hydrogens (primary N) is 2. The van der Waals surface area contributed by atoms with Gasteiger partial charge >= 0.3 is 0 Å². The van der Waals surface area contributed by atoms with E-state index in [9.17, 15) is 18.7 Å². The Hall–Kier alpha value is -3.11. The summed E-state index contributed by atoms with van der Waals surface area (Å²) < 4.78 is 29.3. The number of nitrogen functional groups attached to an aromatic ring is 1. The molecule has 1 heterocycles. The van der Waals surface area contributed by atoms with Gasteiger partial charge in [-0.2, -0.15) is 5.11 Å². The average Bonchev–Trinajstić information content (AvgIpc) is 2.62. The molecule has 1 unspecified atom stereocenters. The van der Waals surface area contributed by atoms with Gasteiger partial charge in [-0.3, -0.25) is 4.79 Å². The maximum atomic E-state index is 15.0. The molecule has 7 N–H and O–H groups in total. The van der Waals surface area contributed by atoms with Crippen molar-refractivity contribution in [3.8, 4) is 0 Å². The van der Waals surface area contributed by atoms with Crippen LogP contribution in [0.3, 0.4) is 0 Å². The number of likely N-dealkylation sites (tertiary alicyclic amines) is 1. The highest BCUT2D eigenvalue weighted by molar-refractivity contribution is 6.03. The van der Waals surface area contributed by atoms with Crippen molar-refractivity contribution in [1.82, 2.24) is 4.90 Å². The number of hydrogen-bond donors (Lipinski definition) is 5. The number of anilines is 3. The third-order valence-electron chi connectivity index (χ3n) is 5.06. The minimum absolute atomic E-state index is 0.0338. The quantitative estimate of drug-likeness (QED) is 0.385. The van der Waals surface area contributed by atoms with E-state index < -0.39 is 34.9 Å². The lowest BCUT2D eigenvalue weighted by Crippen LogP contribution is -2.70. The maximum Gasteiger partial charge on any atom is 0.256 e. The van der Waals surface area contributed by atoms with Crippen LogP contribution in [0, 0.1) is 24.1 Å². The zero-order valence-corrected chi connectivity index (χ0v) is 16.0. The van der Waals surface area contributed by atoms with Crippen LogP contribution in [0.5, 0.6) is 0 Å². The summed E-state index contributed by atoms with van der Waals surface area (Å²) in [5.41, 5.74) is 16.8. The van der Waals surface area contributed by atoms with Gasteiger partial charge in [0.25, 0.3) is 5.91 Å². The predicted octanol–water partition coefficient (Wildman–Crippen LogP) is 2.80. The molecule has 1 fully saturated rings. The number of halogens is 2. The van der Waals surface area contributed by atoms with Crippen molar-refractivity contribution < 1.29 is 18.7 Å². The van der Waals surface area contributed by atoms with Crippen molar-refractivity contribution in [3.05, 3.63) is 47.0 Å². The lowest BCUT2D eigenvalue weighted by molar-refractivity contribution is -0.0931. The first-order valence-corrected chi connectivity index (χ1v) is 8.87. The molecule has 10 heteroatoms. The Bertz CT molecular complexity index is 989. The summed E-state index contributed by atoms with van der Waals surface area (Å²) in [6.07, 6.45) is 0. The number of rotatable bonds is 5. The van der Waals surface area contributed by atoms with Gasteiger partial charge in [-0.1, -0.05) is 6.07 Å². The Morgan fingerprint density at radius 3 is 2.59 bits per heavy atom. The number of hydrogen-bond acceptors (Lipinski definition) is 7. The zero-order valence-electron chi connectivity index (χ0n) is 16.0. The van der Waals surface area contributed by atoms with Crippen LogP contribution in [0.1, 0.15) is 22.8 Å². The number of nitrogens with zero attached hydrogens (tertiary/aromatic N) is 2. The molecule has 1 atom stereocenters. The van der Waals surface area contributed by atoms with E-state index in [4.69, 9.17) is 17.0 Å². The second kappa shape index (κ2) is 7.37. The largest absolute Gasteiger partial charge is 0.397 e. The van der Waals surface area contributed by atoms with Gasteiger partial charge in [-0.25, -0.2) is 14.3 Å². The van der Waals surface area contributed by atoms with Crippen LogP contribution in [0.15, 0.2) is 29.4 Å². The molecule has 29 heavy (non-hydrogen) atoms. The van der Waals surface area contributed by atoms with Gasteiger partial charge in [0.05, 0.1) is 35.7 Å². The molecule has 1 amide bonds. The Morgan fingerprint density at radius 1 is 1.38 bits per heavy atom. The molecule has 2 aromatic carbocycles. The van der Waals surface area contributed by atoms with Crippen molar-refractivity contribution in [3.63, 3.8) is 0 Å². The third kappa shape index (κ3) is 3.64. The molecule has 0 radical (unpaired) electrons. The van der Waals surface area contributed by atoms with Crippen LogP contribution in [-0.4, -0.2) is 40.6 Å². The van der Waals surface area contributed by atoms with Gasteiger partial charge in [0.1, 0.15) is 17.1 Å². The molecule has 1 saturated heterocycles. The number of benzene rings is 2. The van der Waals surface area contributed by atoms with Crippen molar-refractivity contribution in [2.75, 3.05) is 24.1 Å². The van der Waals surface area contributed by atoms with E-state index in [-0.39, 0.29) is 35.7 Å². The van der Waals surface area contributed by atoms with Gasteiger partial charge in [0, 0.05) is 6.04 Å². The molecular weight excluding hydrogens is 382 g/mol. The first-order valence-electron chi connectivity index (χ1n) is 8.87. The summed E-state index contributed by atoms with van der Waals surface area (Å²) in [6, 6.07) is 4.90. The molecule has 0 saturated carbocycles. The summed E-state index contributed by atoms with van der Waals surface area (Å²) in [5.74, 6) is -2.31. The van der Waals surface area contributed by atoms with Crippen LogP contribution < -0.4 is 16.8 Å². The number of aryl methyl sites for hydroxylation is 1. The summed E-state index contributed by atoms with van der Waals surface area (Å²) in [6.45, 7) is 3.26. The number of amides is 1. The van der Waals surface area contributed by atoms with Crippen molar-refractivity contribution >= 4 is 28.7 Å². The lowest BCUT2D eigenvalue weighted by Gasteiger charge is -2.48. The number of carbonyl (C=O) groups is 1. The summed E-state index contributed by atoms with van der Waals surface area (Å²) in [7, 11) is 0. The van der Waals surface area contributed by atoms with Crippen molar-refractivity contribution in [2.24, 2.45) is 10.8 Å². The van der Waals surface area contributed by atoms with Crippen LogP contribution >= 0.6 is 0 Å². The smallest absolute Gasteiger partial charge is 0.256 e. The van der Waals surface area contributed by atoms with Gasteiger partial charge in [0.2, 0.25) is 0 Å². The highest BCUT2D eigenvalue weighted by Crippen LogP contribution is 2.38. The normalized spacial score (nSPS) is 16.1. The molecule has 0 bridgehead atoms. The molecule has 2 aromatic rings. The fraction of sp³-hybridized carbons (Fsp3) is 0.316. The maximum absolute atomic E-state index is 15.0. The molecule has 154 valence electrons. The minimum atomic E-state index is -1.23. The number of nitrogens with one attached hydrogen (secondary N) is 2. The van der Waals surface area contributed by atoms with Gasteiger partial charge < -0.3 is 26.8 Å². The summed E-state index contributed by atoms with van der Waals surface area (Å²) >= 11 is 0. The molecule has 1 aliphatic rings. The molecule has 0 aliphatic carbocycles. The van der Waals surface area contributed by atoms with Gasteiger partial charge in [-0.15, -0.1) is 0 Å². The standard InChI is InChI=1S/C19H22F2N6O2/c1-9-3-4-14(12(20)5-9)25-16-11(6-13(23)17(26-24)15(16)21)18(28)27-7-19(29,8-27)10(2)22/h3-6,10,24-25,29H,7-8,22-23H2,1-2H3. The van der Waals surface area contributed by atoms with Gasteiger partial charge in [-0.05, 0) is 37.6 Å². The molecule has 1 aliphatic heterocycles. The van der Waals surface area contributed by atoms with Crippen LogP contribution in [0.2, 0.25) is 0 Å². The summed E-state index contributed by atoms with van der Waals surface area (Å²) in [5, 5.41) is 15.9. The minimum Gasteiger partial charge on any atom is -0.397 e. The monoisotopic (exact) mass is 404 g/mol. The number of carbonyl (C=O) groups excluding carboxylic acids is 1.